The fraction of sp³-hybridized carbons (Fsp3) is 0.429. The zero-order valence-corrected chi connectivity index (χ0v) is 10.3. The SMILES string of the molecule is O=C1CCC(C(=O)NCCCc2ccccc2)N1. The van der Waals surface area contributed by atoms with Crippen molar-refractivity contribution in [1.82, 2.24) is 10.6 Å². The summed E-state index contributed by atoms with van der Waals surface area (Å²) in [5.74, 6) is -0.0895. The van der Waals surface area contributed by atoms with Gasteiger partial charge in [-0.05, 0) is 24.8 Å². The van der Waals surface area contributed by atoms with Gasteiger partial charge in [-0.15, -0.1) is 0 Å². The fourth-order valence-electron chi connectivity index (χ4n) is 2.08. The number of carbonyl (C=O) groups excluding carboxylic acids is 2. The van der Waals surface area contributed by atoms with Crippen LogP contribution < -0.4 is 10.6 Å². The highest BCUT2D eigenvalue weighted by Gasteiger charge is 2.26. The van der Waals surface area contributed by atoms with E-state index in [0.717, 1.165) is 12.8 Å². The minimum absolute atomic E-state index is 0.0283. The molecular formula is C14H18N2O2. The molecule has 1 atom stereocenters. The van der Waals surface area contributed by atoms with E-state index in [4.69, 9.17) is 0 Å². The van der Waals surface area contributed by atoms with E-state index >= 15 is 0 Å². The first kappa shape index (κ1) is 12.6. The summed E-state index contributed by atoms with van der Waals surface area (Å²) in [5, 5.41) is 5.52. The number of carbonyl (C=O) groups is 2. The predicted molar refractivity (Wildman–Crippen MR) is 68.9 cm³/mol. The van der Waals surface area contributed by atoms with Gasteiger partial charge < -0.3 is 10.6 Å². The third-order valence-electron chi connectivity index (χ3n) is 3.10. The molecule has 2 amide bonds. The molecule has 0 aromatic heterocycles. The molecule has 0 bridgehead atoms. The maximum absolute atomic E-state index is 11.7. The molecule has 2 rings (SSSR count). The Bertz CT molecular complexity index is 417. The van der Waals surface area contributed by atoms with Crippen LogP contribution in [0.3, 0.4) is 0 Å². The van der Waals surface area contributed by atoms with Gasteiger partial charge in [0, 0.05) is 13.0 Å². The van der Waals surface area contributed by atoms with Crippen molar-refractivity contribution in [3.63, 3.8) is 0 Å². The largest absolute Gasteiger partial charge is 0.354 e. The molecule has 1 aromatic rings. The Morgan fingerprint density at radius 2 is 2.11 bits per heavy atom. The first-order chi connectivity index (χ1) is 8.75. The topological polar surface area (TPSA) is 58.2 Å². The van der Waals surface area contributed by atoms with Crippen molar-refractivity contribution in [3.05, 3.63) is 35.9 Å². The maximum atomic E-state index is 11.7. The summed E-state index contributed by atoms with van der Waals surface area (Å²) >= 11 is 0. The van der Waals surface area contributed by atoms with Crippen LogP contribution in [0, 0.1) is 0 Å². The number of aryl methyl sites for hydroxylation is 1. The minimum Gasteiger partial charge on any atom is -0.354 e. The van der Waals surface area contributed by atoms with E-state index in [1.165, 1.54) is 5.56 Å². The molecule has 0 aliphatic carbocycles. The van der Waals surface area contributed by atoms with E-state index in [2.05, 4.69) is 22.8 Å². The standard InChI is InChI=1S/C14H18N2O2/c17-13-9-8-12(16-13)14(18)15-10-4-7-11-5-2-1-3-6-11/h1-3,5-6,12H,4,7-10H2,(H,15,18)(H,16,17). The lowest BCUT2D eigenvalue weighted by Gasteiger charge is -2.10. The van der Waals surface area contributed by atoms with Gasteiger partial charge in [0.05, 0.1) is 0 Å². The summed E-state index contributed by atoms with van der Waals surface area (Å²) in [7, 11) is 0. The van der Waals surface area contributed by atoms with E-state index in [9.17, 15) is 9.59 Å². The molecule has 1 aromatic carbocycles. The lowest BCUT2D eigenvalue weighted by molar-refractivity contribution is -0.125. The van der Waals surface area contributed by atoms with Crippen LogP contribution in [-0.4, -0.2) is 24.4 Å². The second-order valence-corrected chi connectivity index (χ2v) is 4.54. The van der Waals surface area contributed by atoms with Crippen molar-refractivity contribution in [2.24, 2.45) is 0 Å². The van der Waals surface area contributed by atoms with Gasteiger partial charge in [-0.3, -0.25) is 9.59 Å². The molecule has 0 saturated carbocycles. The van der Waals surface area contributed by atoms with Crippen LogP contribution >= 0.6 is 0 Å². The van der Waals surface area contributed by atoms with Gasteiger partial charge in [0.15, 0.2) is 0 Å². The van der Waals surface area contributed by atoms with Crippen LogP contribution in [0.4, 0.5) is 0 Å². The molecule has 1 aliphatic heterocycles. The monoisotopic (exact) mass is 246 g/mol. The van der Waals surface area contributed by atoms with E-state index < -0.39 is 0 Å². The van der Waals surface area contributed by atoms with Crippen LogP contribution in [0.2, 0.25) is 0 Å². The summed E-state index contributed by atoms with van der Waals surface area (Å²) in [6.45, 7) is 0.653. The van der Waals surface area contributed by atoms with Crippen LogP contribution in [0.5, 0.6) is 0 Å². The molecule has 18 heavy (non-hydrogen) atoms. The third kappa shape index (κ3) is 3.58. The summed E-state index contributed by atoms with van der Waals surface area (Å²) < 4.78 is 0. The molecule has 1 heterocycles. The fourth-order valence-corrected chi connectivity index (χ4v) is 2.08. The maximum Gasteiger partial charge on any atom is 0.242 e. The number of amides is 2. The smallest absolute Gasteiger partial charge is 0.242 e. The first-order valence-electron chi connectivity index (χ1n) is 6.37. The molecule has 4 nitrogen and oxygen atoms in total. The zero-order valence-electron chi connectivity index (χ0n) is 10.3. The molecule has 1 fully saturated rings. The molecule has 4 heteroatoms. The molecule has 1 unspecified atom stereocenters. The average Bonchev–Trinajstić information content (AvgIpc) is 2.82. The van der Waals surface area contributed by atoms with Crippen LogP contribution in [0.15, 0.2) is 30.3 Å². The van der Waals surface area contributed by atoms with E-state index in [1.807, 2.05) is 18.2 Å². The summed E-state index contributed by atoms with van der Waals surface area (Å²) in [4.78, 5) is 22.7. The number of hydrogen-bond donors (Lipinski definition) is 2. The van der Waals surface area contributed by atoms with Crippen LogP contribution in [0.25, 0.3) is 0 Å². The van der Waals surface area contributed by atoms with E-state index in [0.29, 0.717) is 19.4 Å². The Kier molecular flexibility index (Phi) is 4.34. The van der Waals surface area contributed by atoms with Gasteiger partial charge in [-0.25, -0.2) is 0 Å². The number of hydrogen-bond acceptors (Lipinski definition) is 2. The lowest BCUT2D eigenvalue weighted by Crippen LogP contribution is -2.41. The Morgan fingerprint density at radius 1 is 1.33 bits per heavy atom. The van der Waals surface area contributed by atoms with Gasteiger partial charge in [-0.2, -0.15) is 0 Å². The van der Waals surface area contributed by atoms with Gasteiger partial charge in [0.2, 0.25) is 11.8 Å². The quantitative estimate of drug-likeness (QED) is 0.762. The number of rotatable bonds is 5. The molecular weight excluding hydrogens is 228 g/mol. The average molecular weight is 246 g/mol. The molecule has 1 saturated heterocycles. The highest BCUT2D eigenvalue weighted by atomic mass is 16.2. The van der Waals surface area contributed by atoms with E-state index in [1.54, 1.807) is 0 Å². The zero-order chi connectivity index (χ0) is 12.8. The predicted octanol–water partition coefficient (Wildman–Crippen LogP) is 1.01. The highest BCUT2D eigenvalue weighted by molar-refractivity contribution is 5.90. The second kappa shape index (κ2) is 6.19. The van der Waals surface area contributed by atoms with Gasteiger partial charge in [0.1, 0.15) is 6.04 Å². The van der Waals surface area contributed by atoms with Gasteiger partial charge in [-0.1, -0.05) is 30.3 Å². The van der Waals surface area contributed by atoms with E-state index in [-0.39, 0.29) is 17.9 Å². The lowest BCUT2D eigenvalue weighted by atomic mass is 10.1. The number of nitrogens with one attached hydrogen (secondary N) is 2. The molecule has 96 valence electrons. The van der Waals surface area contributed by atoms with Crippen molar-refractivity contribution in [2.75, 3.05) is 6.54 Å². The van der Waals surface area contributed by atoms with Crippen molar-refractivity contribution in [1.29, 1.82) is 0 Å². The van der Waals surface area contributed by atoms with Crippen LogP contribution in [0.1, 0.15) is 24.8 Å². The number of benzene rings is 1. The van der Waals surface area contributed by atoms with Gasteiger partial charge in [0.25, 0.3) is 0 Å². The molecule has 1 aliphatic rings. The third-order valence-corrected chi connectivity index (χ3v) is 3.10. The first-order valence-corrected chi connectivity index (χ1v) is 6.37. The summed E-state index contributed by atoms with van der Waals surface area (Å²) in [5.41, 5.74) is 1.28. The molecule has 0 spiro atoms. The van der Waals surface area contributed by atoms with Crippen molar-refractivity contribution in [3.8, 4) is 0 Å². The normalized spacial score (nSPS) is 18.4. The second-order valence-electron chi connectivity index (χ2n) is 4.54. The Labute approximate surface area is 107 Å². The van der Waals surface area contributed by atoms with Crippen molar-refractivity contribution in [2.45, 2.75) is 31.7 Å². The van der Waals surface area contributed by atoms with Crippen LogP contribution in [-0.2, 0) is 16.0 Å². The van der Waals surface area contributed by atoms with Crippen molar-refractivity contribution < 1.29 is 9.59 Å². The summed E-state index contributed by atoms with van der Waals surface area (Å²) in [6, 6.07) is 9.87. The summed E-state index contributed by atoms with van der Waals surface area (Å²) in [6.07, 6.45) is 2.94. The molecule has 0 radical (unpaired) electrons. The highest BCUT2D eigenvalue weighted by Crippen LogP contribution is 2.06. The minimum atomic E-state index is -0.325. The Hall–Kier alpha value is -1.84. The van der Waals surface area contributed by atoms with Crippen molar-refractivity contribution >= 4 is 11.8 Å². The van der Waals surface area contributed by atoms with Gasteiger partial charge >= 0.3 is 0 Å². The Morgan fingerprint density at radius 3 is 2.78 bits per heavy atom. The Balaban J connectivity index is 1.63. The molecule has 2 N–H and O–H groups in total.